The lowest BCUT2D eigenvalue weighted by Crippen LogP contribution is -2.29. The van der Waals surface area contributed by atoms with Crippen molar-refractivity contribution in [2.45, 2.75) is 13.0 Å². The second-order valence-corrected chi connectivity index (χ2v) is 4.75. The Labute approximate surface area is 118 Å². The van der Waals surface area contributed by atoms with Crippen molar-refractivity contribution in [3.05, 3.63) is 52.8 Å². The van der Waals surface area contributed by atoms with Crippen LogP contribution in [0, 0.1) is 0 Å². The van der Waals surface area contributed by atoms with Crippen LogP contribution in [0.1, 0.15) is 38.4 Å². The summed E-state index contributed by atoms with van der Waals surface area (Å²) in [5, 5.41) is 3.92. The molecule has 108 valence electrons. The third kappa shape index (κ3) is 2.10. The topological polar surface area (TPSA) is 55.2 Å². The van der Waals surface area contributed by atoms with E-state index in [2.05, 4.69) is 5.10 Å². The lowest BCUT2D eigenvalue weighted by atomic mass is 10.1. The van der Waals surface area contributed by atoms with Gasteiger partial charge in [0.2, 0.25) is 0 Å². The summed E-state index contributed by atoms with van der Waals surface area (Å²) in [4.78, 5) is 25.3. The number of carbonyl (C=O) groups excluding carboxylic acids is 2. The monoisotopic (exact) mass is 291 g/mol. The van der Waals surface area contributed by atoms with Crippen molar-refractivity contribution in [1.82, 2.24) is 14.7 Å². The second kappa shape index (κ2) is 4.76. The number of benzene rings is 1. The SMILES string of the molecule is Cn1cc(C(F)F)c(CN2C(=O)c3ccccc3C2=O)n1. The Bertz CT molecular complexity index is 705. The van der Waals surface area contributed by atoms with Gasteiger partial charge in [0, 0.05) is 13.2 Å². The average Bonchev–Trinajstić information content (AvgIpc) is 2.94. The van der Waals surface area contributed by atoms with Crippen LogP contribution in [0.2, 0.25) is 0 Å². The summed E-state index contributed by atoms with van der Waals surface area (Å²) in [5.41, 5.74) is 0.338. The van der Waals surface area contributed by atoms with Crippen LogP contribution in [0.5, 0.6) is 0 Å². The van der Waals surface area contributed by atoms with E-state index in [9.17, 15) is 18.4 Å². The van der Waals surface area contributed by atoms with Gasteiger partial charge in [0.05, 0.1) is 28.9 Å². The number of halogens is 2. The van der Waals surface area contributed by atoms with Crippen LogP contribution < -0.4 is 0 Å². The van der Waals surface area contributed by atoms with E-state index in [1.165, 1.54) is 17.9 Å². The van der Waals surface area contributed by atoms with Crippen molar-refractivity contribution in [3.8, 4) is 0 Å². The third-order valence-corrected chi connectivity index (χ3v) is 3.36. The molecule has 2 heterocycles. The van der Waals surface area contributed by atoms with E-state index in [0.29, 0.717) is 0 Å². The van der Waals surface area contributed by atoms with E-state index in [-0.39, 0.29) is 28.9 Å². The number of nitrogens with zero attached hydrogens (tertiary/aromatic N) is 3. The molecule has 7 heteroatoms. The zero-order chi connectivity index (χ0) is 15.1. The molecule has 0 aliphatic carbocycles. The first kappa shape index (κ1) is 13.4. The Kier molecular flexibility index (Phi) is 3.04. The van der Waals surface area contributed by atoms with Crippen molar-refractivity contribution < 1.29 is 18.4 Å². The molecule has 1 aliphatic heterocycles. The van der Waals surface area contributed by atoms with Crippen molar-refractivity contribution in [2.75, 3.05) is 0 Å². The van der Waals surface area contributed by atoms with Gasteiger partial charge in [0.1, 0.15) is 0 Å². The maximum Gasteiger partial charge on any atom is 0.267 e. The summed E-state index contributed by atoms with van der Waals surface area (Å²) in [6.45, 7) is -0.257. The van der Waals surface area contributed by atoms with Crippen LogP contribution in [-0.4, -0.2) is 26.5 Å². The Balaban J connectivity index is 1.94. The fourth-order valence-corrected chi connectivity index (χ4v) is 2.39. The minimum atomic E-state index is -2.70. The molecule has 0 bridgehead atoms. The number of amides is 2. The molecule has 0 N–H and O–H groups in total. The van der Waals surface area contributed by atoms with Crippen LogP contribution in [0.25, 0.3) is 0 Å². The average molecular weight is 291 g/mol. The summed E-state index contributed by atoms with van der Waals surface area (Å²) in [6, 6.07) is 6.39. The standard InChI is InChI=1S/C14H11F2N3O2/c1-18-6-10(12(15)16)11(17-18)7-19-13(20)8-4-2-3-5-9(8)14(19)21/h2-6,12H,7H2,1H3. The predicted octanol–water partition coefficient (Wildman–Crippen LogP) is 2.15. The lowest BCUT2D eigenvalue weighted by molar-refractivity contribution is 0.0636. The van der Waals surface area contributed by atoms with Gasteiger partial charge in [0.25, 0.3) is 18.2 Å². The van der Waals surface area contributed by atoms with Crippen LogP contribution in [0.4, 0.5) is 8.78 Å². The van der Waals surface area contributed by atoms with Crippen molar-refractivity contribution in [2.24, 2.45) is 7.05 Å². The van der Waals surface area contributed by atoms with Gasteiger partial charge in [0.15, 0.2) is 0 Å². The molecule has 0 saturated heterocycles. The van der Waals surface area contributed by atoms with Crippen LogP contribution in [-0.2, 0) is 13.6 Å². The number of aromatic nitrogens is 2. The first-order chi connectivity index (χ1) is 9.99. The normalized spacial score (nSPS) is 14.2. The van der Waals surface area contributed by atoms with Gasteiger partial charge in [-0.25, -0.2) is 8.78 Å². The summed E-state index contributed by atoms with van der Waals surface area (Å²) < 4.78 is 27.1. The highest BCUT2D eigenvalue weighted by atomic mass is 19.3. The van der Waals surface area contributed by atoms with Gasteiger partial charge in [-0.3, -0.25) is 19.2 Å². The summed E-state index contributed by atoms with van der Waals surface area (Å²) in [7, 11) is 1.51. The molecule has 0 radical (unpaired) electrons. The molecule has 1 aromatic carbocycles. The largest absolute Gasteiger partial charge is 0.275 e. The summed E-state index contributed by atoms with van der Waals surface area (Å²) in [6.07, 6.45) is -1.51. The number of alkyl halides is 2. The molecule has 21 heavy (non-hydrogen) atoms. The zero-order valence-corrected chi connectivity index (χ0v) is 11.1. The molecular formula is C14H11F2N3O2. The molecule has 2 amide bonds. The highest BCUT2D eigenvalue weighted by Crippen LogP contribution is 2.27. The van der Waals surface area contributed by atoms with E-state index < -0.39 is 18.2 Å². The zero-order valence-electron chi connectivity index (χ0n) is 11.1. The molecule has 0 fully saturated rings. The third-order valence-electron chi connectivity index (χ3n) is 3.36. The molecule has 2 aromatic rings. The molecule has 1 aliphatic rings. The number of hydrogen-bond donors (Lipinski definition) is 0. The number of rotatable bonds is 3. The fourth-order valence-electron chi connectivity index (χ4n) is 2.39. The van der Waals surface area contributed by atoms with Crippen molar-refractivity contribution in [1.29, 1.82) is 0 Å². The Morgan fingerprint density at radius 1 is 1.14 bits per heavy atom. The van der Waals surface area contributed by atoms with Gasteiger partial charge >= 0.3 is 0 Å². The number of hydrogen-bond acceptors (Lipinski definition) is 3. The minimum Gasteiger partial charge on any atom is -0.275 e. The van der Waals surface area contributed by atoms with Crippen molar-refractivity contribution >= 4 is 11.8 Å². The quantitative estimate of drug-likeness (QED) is 0.814. The molecule has 0 unspecified atom stereocenters. The highest BCUT2D eigenvalue weighted by molar-refractivity contribution is 6.21. The first-order valence-corrected chi connectivity index (χ1v) is 6.25. The minimum absolute atomic E-state index is 0.0296. The number of aryl methyl sites for hydroxylation is 1. The number of imide groups is 1. The van der Waals surface area contributed by atoms with Gasteiger partial charge in [-0.2, -0.15) is 5.10 Å². The van der Waals surface area contributed by atoms with Crippen LogP contribution in [0.3, 0.4) is 0 Å². The molecule has 1 aromatic heterocycles. The molecule has 3 rings (SSSR count). The van der Waals surface area contributed by atoms with Crippen LogP contribution >= 0.6 is 0 Å². The van der Waals surface area contributed by atoms with Gasteiger partial charge in [-0.15, -0.1) is 0 Å². The van der Waals surface area contributed by atoms with Crippen LogP contribution in [0.15, 0.2) is 30.5 Å². The fraction of sp³-hybridized carbons (Fsp3) is 0.214. The predicted molar refractivity (Wildman–Crippen MR) is 68.8 cm³/mol. The molecular weight excluding hydrogens is 280 g/mol. The Hall–Kier alpha value is -2.57. The molecule has 0 spiro atoms. The highest BCUT2D eigenvalue weighted by Gasteiger charge is 2.36. The molecule has 0 saturated carbocycles. The van der Waals surface area contributed by atoms with E-state index in [4.69, 9.17) is 0 Å². The lowest BCUT2D eigenvalue weighted by Gasteiger charge is -2.13. The summed E-state index contributed by atoms with van der Waals surface area (Å²) >= 11 is 0. The molecule has 0 atom stereocenters. The molecule has 5 nitrogen and oxygen atoms in total. The van der Waals surface area contributed by atoms with E-state index in [1.807, 2.05) is 0 Å². The van der Waals surface area contributed by atoms with Gasteiger partial charge < -0.3 is 0 Å². The first-order valence-electron chi connectivity index (χ1n) is 6.25. The number of fused-ring (bicyclic) bond motifs is 1. The Morgan fingerprint density at radius 2 is 1.71 bits per heavy atom. The van der Waals surface area contributed by atoms with Gasteiger partial charge in [-0.1, -0.05) is 12.1 Å². The maximum absolute atomic E-state index is 12.9. The Morgan fingerprint density at radius 3 is 2.24 bits per heavy atom. The number of carbonyl (C=O) groups is 2. The van der Waals surface area contributed by atoms with Crippen molar-refractivity contribution in [3.63, 3.8) is 0 Å². The summed E-state index contributed by atoms with van der Waals surface area (Å²) in [5.74, 6) is -0.970. The van der Waals surface area contributed by atoms with Gasteiger partial charge in [-0.05, 0) is 12.1 Å². The van der Waals surface area contributed by atoms with E-state index in [1.54, 1.807) is 24.3 Å². The maximum atomic E-state index is 12.9. The van der Waals surface area contributed by atoms with E-state index >= 15 is 0 Å². The van der Waals surface area contributed by atoms with E-state index in [0.717, 1.165) is 4.90 Å². The second-order valence-electron chi connectivity index (χ2n) is 4.75. The smallest absolute Gasteiger partial charge is 0.267 e.